The van der Waals surface area contributed by atoms with Gasteiger partial charge >= 0.3 is 12.2 Å². The molecule has 3 rings (SSSR count). The van der Waals surface area contributed by atoms with Crippen LogP contribution in [0.5, 0.6) is 5.88 Å². The molecule has 0 fully saturated rings. The van der Waals surface area contributed by atoms with Gasteiger partial charge in [-0.1, -0.05) is 68.5 Å². The number of hydrogen-bond acceptors (Lipinski definition) is 9. The van der Waals surface area contributed by atoms with E-state index in [1.165, 1.54) is 23.9 Å². The number of aromatic nitrogens is 2. The lowest BCUT2D eigenvalue weighted by Crippen LogP contribution is -2.31. The Hall–Kier alpha value is -3.77. The molecular formula is C28H33N3O7S2. The highest BCUT2D eigenvalue weighted by Crippen LogP contribution is 2.32. The molecule has 0 aliphatic carbocycles. The molecule has 0 radical (unpaired) electrons. The predicted octanol–water partition coefficient (Wildman–Crippen LogP) is 5.80. The summed E-state index contributed by atoms with van der Waals surface area (Å²) in [4.78, 5) is 28.7. The Morgan fingerprint density at radius 3 is 2.48 bits per heavy atom. The Labute approximate surface area is 238 Å². The van der Waals surface area contributed by atoms with Gasteiger partial charge in [-0.05, 0) is 36.8 Å². The summed E-state index contributed by atoms with van der Waals surface area (Å²) in [6.07, 6.45) is 3.93. The molecule has 1 aromatic heterocycles. The Bertz CT molecular complexity index is 1430. The minimum Gasteiger partial charge on any atom is -0.445 e. The van der Waals surface area contributed by atoms with Gasteiger partial charge in [0.1, 0.15) is 12.4 Å². The second kappa shape index (κ2) is 14.6. The topological polar surface area (TPSA) is 126 Å². The zero-order valence-corrected chi connectivity index (χ0v) is 24.3. The molecule has 0 aliphatic rings. The van der Waals surface area contributed by atoms with Crippen molar-refractivity contribution in [3.8, 4) is 17.0 Å². The van der Waals surface area contributed by atoms with Crippen molar-refractivity contribution in [3.05, 3.63) is 72.6 Å². The number of nitrogens with zero attached hydrogens (tertiary/aromatic N) is 2. The van der Waals surface area contributed by atoms with Gasteiger partial charge in [0, 0.05) is 12.0 Å². The molecule has 12 heteroatoms. The highest BCUT2D eigenvalue weighted by atomic mass is 32.2. The van der Waals surface area contributed by atoms with E-state index in [1.54, 1.807) is 37.3 Å². The van der Waals surface area contributed by atoms with Crippen molar-refractivity contribution in [1.82, 2.24) is 14.3 Å². The fourth-order valence-corrected chi connectivity index (χ4v) is 5.49. The highest BCUT2D eigenvalue weighted by molar-refractivity contribution is 7.98. The molecule has 214 valence electrons. The first kappa shape index (κ1) is 30.8. The van der Waals surface area contributed by atoms with Crippen molar-refractivity contribution in [3.63, 3.8) is 0 Å². The average molecular weight is 588 g/mol. The molecule has 10 nitrogen and oxygen atoms in total. The maximum Gasteiger partial charge on any atom is 0.515 e. The third-order valence-corrected chi connectivity index (χ3v) is 7.71. The summed E-state index contributed by atoms with van der Waals surface area (Å²) < 4.78 is 44.9. The minimum absolute atomic E-state index is 0.0653. The van der Waals surface area contributed by atoms with Crippen LogP contribution in [-0.4, -0.2) is 49.7 Å². The molecule has 1 heterocycles. The number of sulfonamides is 1. The number of rotatable bonds is 13. The van der Waals surface area contributed by atoms with Crippen molar-refractivity contribution < 1.29 is 32.2 Å². The van der Waals surface area contributed by atoms with Gasteiger partial charge in [-0.3, -0.25) is 4.57 Å². The van der Waals surface area contributed by atoms with Crippen LogP contribution in [0.25, 0.3) is 11.1 Å². The van der Waals surface area contributed by atoms with E-state index in [-0.39, 0.29) is 18.1 Å². The standard InChI is InChI=1S/C28H33N3O7S2/c1-5-8-13-24-29-25(39-4)26(38-28(33)36-7-3)31(24)19-20-14-16-21(17-15-20)22-11-9-10-12-23(22)40(34,35)30-27(32)37-18-6-2/h6,9-12,14-17H,2,5,7-8,13,18-19H2,1,3-4H3,(H,30,32). The number of hydrogen-bond donors (Lipinski definition) is 1. The number of imidazole rings is 1. The van der Waals surface area contributed by atoms with Crippen molar-refractivity contribution >= 4 is 34.0 Å². The lowest BCUT2D eigenvalue weighted by molar-refractivity contribution is 0.0998. The molecule has 1 amide bonds. The van der Waals surface area contributed by atoms with Crippen LogP contribution in [0.4, 0.5) is 9.59 Å². The fourth-order valence-electron chi connectivity index (χ4n) is 3.85. The van der Waals surface area contributed by atoms with Gasteiger partial charge in [-0.2, -0.15) is 0 Å². The SMILES string of the molecule is C=CCOC(=O)NS(=O)(=O)c1ccccc1-c1ccc(Cn2c(CCCC)nc(SC)c2OC(=O)OCC)cc1. The third kappa shape index (κ3) is 7.89. The van der Waals surface area contributed by atoms with E-state index in [1.807, 2.05) is 27.7 Å². The Balaban J connectivity index is 1.92. The van der Waals surface area contributed by atoms with Gasteiger partial charge in [-0.15, -0.1) is 11.8 Å². The smallest absolute Gasteiger partial charge is 0.445 e. The van der Waals surface area contributed by atoms with Crippen molar-refractivity contribution in [2.24, 2.45) is 0 Å². The van der Waals surface area contributed by atoms with Crippen LogP contribution in [0, 0.1) is 0 Å². The molecule has 1 N–H and O–H groups in total. The van der Waals surface area contributed by atoms with Crippen LogP contribution >= 0.6 is 11.8 Å². The van der Waals surface area contributed by atoms with Gasteiger partial charge < -0.3 is 14.2 Å². The normalized spacial score (nSPS) is 11.1. The summed E-state index contributed by atoms with van der Waals surface area (Å²) in [6, 6.07) is 13.7. The lowest BCUT2D eigenvalue weighted by Gasteiger charge is -2.14. The van der Waals surface area contributed by atoms with E-state index in [4.69, 9.17) is 19.2 Å². The van der Waals surface area contributed by atoms with Gasteiger partial charge in [0.15, 0.2) is 5.03 Å². The predicted molar refractivity (Wildman–Crippen MR) is 153 cm³/mol. The Morgan fingerprint density at radius 1 is 1.10 bits per heavy atom. The molecule has 0 spiro atoms. The quantitative estimate of drug-likeness (QED) is 0.150. The molecule has 0 aliphatic heterocycles. The number of unbranched alkanes of at least 4 members (excludes halogenated alkanes) is 1. The van der Waals surface area contributed by atoms with Gasteiger partial charge in [0.2, 0.25) is 5.88 Å². The molecule has 0 atom stereocenters. The van der Waals surface area contributed by atoms with Crippen LogP contribution in [0.2, 0.25) is 0 Å². The van der Waals surface area contributed by atoms with Crippen molar-refractivity contribution in [2.75, 3.05) is 19.5 Å². The zero-order valence-electron chi connectivity index (χ0n) is 22.7. The first-order valence-electron chi connectivity index (χ1n) is 12.7. The second-order valence-electron chi connectivity index (χ2n) is 8.50. The molecule has 0 saturated carbocycles. The maximum absolute atomic E-state index is 12.9. The average Bonchev–Trinajstić information content (AvgIpc) is 3.26. The van der Waals surface area contributed by atoms with Crippen molar-refractivity contribution in [2.45, 2.75) is 49.6 Å². The molecular weight excluding hydrogens is 554 g/mol. The highest BCUT2D eigenvalue weighted by Gasteiger charge is 2.24. The first-order valence-corrected chi connectivity index (χ1v) is 15.4. The van der Waals surface area contributed by atoms with Gasteiger partial charge in [0.05, 0.1) is 18.0 Å². The summed E-state index contributed by atoms with van der Waals surface area (Å²) in [6.45, 7) is 7.68. The second-order valence-corrected chi connectivity index (χ2v) is 10.9. The molecule has 0 unspecified atom stereocenters. The minimum atomic E-state index is -4.20. The van der Waals surface area contributed by atoms with Crippen LogP contribution < -0.4 is 9.46 Å². The first-order chi connectivity index (χ1) is 19.2. The molecule has 3 aromatic rings. The van der Waals surface area contributed by atoms with E-state index in [0.29, 0.717) is 35.0 Å². The van der Waals surface area contributed by atoms with Gasteiger partial charge in [-0.25, -0.2) is 27.7 Å². The number of aryl methyl sites for hydroxylation is 1. The number of amides is 1. The third-order valence-electron chi connectivity index (χ3n) is 5.69. The van der Waals surface area contributed by atoms with E-state index >= 15 is 0 Å². The summed E-state index contributed by atoms with van der Waals surface area (Å²) in [5, 5.41) is 0.592. The number of ether oxygens (including phenoxy) is 3. The van der Waals surface area contributed by atoms with Crippen LogP contribution in [0.1, 0.15) is 38.1 Å². The summed E-state index contributed by atoms with van der Waals surface area (Å²) in [7, 11) is -4.20. The largest absolute Gasteiger partial charge is 0.515 e. The molecule has 0 bridgehead atoms. The van der Waals surface area contributed by atoms with Crippen LogP contribution in [-0.2, 0) is 32.5 Å². The summed E-state index contributed by atoms with van der Waals surface area (Å²) in [5.41, 5.74) is 1.93. The van der Waals surface area contributed by atoms with Crippen molar-refractivity contribution in [1.29, 1.82) is 0 Å². The summed E-state index contributed by atoms with van der Waals surface area (Å²) >= 11 is 1.38. The Kier molecular flexibility index (Phi) is 11.2. The molecule has 2 aromatic carbocycles. The number of benzene rings is 2. The number of thioether (sulfide) groups is 1. The van der Waals surface area contributed by atoms with E-state index in [0.717, 1.165) is 24.2 Å². The monoisotopic (exact) mass is 587 g/mol. The van der Waals surface area contributed by atoms with Gasteiger partial charge in [0.25, 0.3) is 10.0 Å². The van der Waals surface area contributed by atoms with E-state index < -0.39 is 22.3 Å². The van der Waals surface area contributed by atoms with Crippen LogP contribution in [0.15, 0.2) is 71.1 Å². The lowest BCUT2D eigenvalue weighted by atomic mass is 10.0. The number of nitrogens with one attached hydrogen (secondary N) is 1. The number of carbonyl (C=O) groups excluding carboxylic acids is 2. The molecule has 0 saturated heterocycles. The molecule has 40 heavy (non-hydrogen) atoms. The van der Waals surface area contributed by atoms with Crippen LogP contribution in [0.3, 0.4) is 0 Å². The fraction of sp³-hybridized carbons (Fsp3) is 0.321. The zero-order chi connectivity index (χ0) is 29.1. The van der Waals surface area contributed by atoms with E-state index in [9.17, 15) is 18.0 Å². The maximum atomic E-state index is 12.9. The Morgan fingerprint density at radius 2 is 1.82 bits per heavy atom. The summed E-state index contributed by atoms with van der Waals surface area (Å²) in [5.74, 6) is 1.12. The number of carbonyl (C=O) groups is 2. The van der Waals surface area contributed by atoms with E-state index in [2.05, 4.69) is 13.5 Å².